The fourth-order valence-electron chi connectivity index (χ4n) is 8.02. The second kappa shape index (κ2) is 50.7. The molecule has 0 aliphatic heterocycles. The van der Waals surface area contributed by atoms with Crippen molar-refractivity contribution < 1.29 is 24.5 Å². The Kier molecular flexibility index (Phi) is 49.1. The van der Waals surface area contributed by atoms with Crippen molar-refractivity contribution in [3.05, 3.63) is 36.5 Å². The van der Waals surface area contributed by atoms with Crippen molar-refractivity contribution in [1.82, 2.24) is 5.32 Å². The van der Waals surface area contributed by atoms with Gasteiger partial charge in [-0.25, -0.2) is 0 Å². The van der Waals surface area contributed by atoms with Gasteiger partial charge in [0, 0.05) is 12.8 Å². The third-order valence-electron chi connectivity index (χ3n) is 12.2. The molecule has 358 valence electrons. The molecule has 0 aromatic carbocycles. The summed E-state index contributed by atoms with van der Waals surface area (Å²) in [6.45, 7) is 4.88. The molecule has 0 aliphatic carbocycles. The Bertz CT molecular complexity index is 993. The molecule has 1 amide bonds. The predicted octanol–water partition coefficient (Wildman–Crippen LogP) is 16.1. The first-order valence-electron chi connectivity index (χ1n) is 26.7. The van der Waals surface area contributed by atoms with E-state index >= 15 is 0 Å². The van der Waals surface area contributed by atoms with Crippen molar-refractivity contribution in [3.8, 4) is 0 Å². The third-order valence-corrected chi connectivity index (χ3v) is 12.2. The first-order valence-corrected chi connectivity index (χ1v) is 26.7. The maximum atomic E-state index is 12.4. The van der Waals surface area contributed by atoms with Crippen LogP contribution in [0.25, 0.3) is 0 Å². The summed E-state index contributed by atoms with van der Waals surface area (Å²) in [6.07, 6.45) is 61.2. The molecule has 0 aliphatic rings. The smallest absolute Gasteiger partial charge is 0.305 e. The van der Waals surface area contributed by atoms with E-state index in [1.54, 1.807) is 0 Å². The molecule has 0 saturated heterocycles. The SMILES string of the molecule is CCCCC/C=C\C/C=C\CCCCCCCCCC(=O)OCCCCCCCC/C=C\CCCCCCCCCC(=O)NC(CO)C(O)CCCCCCCCCCCC. The van der Waals surface area contributed by atoms with Gasteiger partial charge < -0.3 is 20.3 Å². The molecule has 3 N–H and O–H groups in total. The summed E-state index contributed by atoms with van der Waals surface area (Å²) in [5.74, 6) is -0.0598. The Hall–Kier alpha value is -1.92. The van der Waals surface area contributed by atoms with E-state index in [4.69, 9.17) is 4.74 Å². The molecular weight excluding hydrogens is 755 g/mol. The number of unbranched alkanes of at least 4 members (excludes halogenated alkanes) is 32. The van der Waals surface area contributed by atoms with Crippen molar-refractivity contribution in [2.24, 2.45) is 0 Å². The first kappa shape index (κ1) is 59.1. The quantitative estimate of drug-likeness (QED) is 0.0322. The van der Waals surface area contributed by atoms with Crippen LogP contribution in [-0.4, -0.2) is 47.4 Å². The van der Waals surface area contributed by atoms with Crippen LogP contribution in [0.4, 0.5) is 0 Å². The van der Waals surface area contributed by atoms with Crippen LogP contribution in [-0.2, 0) is 14.3 Å². The molecule has 0 bridgehead atoms. The standard InChI is InChI=1S/C55H103NO5/c1-3-5-7-9-11-13-15-16-17-19-23-26-29-33-37-41-45-49-55(60)61-50-46-42-38-34-30-27-24-21-18-20-22-25-28-32-36-40-44-48-54(59)56-52(51-57)53(58)47-43-39-35-31-14-12-10-8-6-4-2/h11,13,16-18,21,52-53,57-58H,3-10,12,14-15,19-20,22-51H2,1-2H3,(H,56,59)/b13-11-,17-16-,21-18-. The highest BCUT2D eigenvalue weighted by atomic mass is 16.5. The molecule has 61 heavy (non-hydrogen) atoms. The zero-order valence-corrected chi connectivity index (χ0v) is 40.6. The summed E-state index contributed by atoms with van der Waals surface area (Å²) in [6, 6.07) is -0.549. The van der Waals surface area contributed by atoms with Crippen molar-refractivity contribution in [3.63, 3.8) is 0 Å². The largest absolute Gasteiger partial charge is 0.466 e. The van der Waals surface area contributed by atoms with E-state index in [0.29, 0.717) is 25.9 Å². The van der Waals surface area contributed by atoms with Gasteiger partial charge in [0.2, 0.25) is 5.91 Å². The number of esters is 1. The van der Waals surface area contributed by atoms with Gasteiger partial charge in [-0.3, -0.25) is 9.59 Å². The minimum atomic E-state index is -0.671. The Morgan fingerprint density at radius 1 is 0.459 bits per heavy atom. The van der Waals surface area contributed by atoms with Crippen LogP contribution in [0.3, 0.4) is 0 Å². The Morgan fingerprint density at radius 3 is 1.30 bits per heavy atom. The number of hydrogen-bond donors (Lipinski definition) is 3. The van der Waals surface area contributed by atoms with E-state index < -0.39 is 12.1 Å². The van der Waals surface area contributed by atoms with Gasteiger partial charge in [-0.2, -0.15) is 0 Å². The molecule has 0 rings (SSSR count). The number of aliphatic hydroxyl groups is 2. The van der Waals surface area contributed by atoms with E-state index in [1.807, 2.05) is 0 Å². The summed E-state index contributed by atoms with van der Waals surface area (Å²) in [5.41, 5.74) is 0. The summed E-state index contributed by atoms with van der Waals surface area (Å²) < 4.78 is 5.47. The number of carbonyl (C=O) groups excluding carboxylic acids is 2. The number of ether oxygens (including phenoxy) is 1. The monoisotopic (exact) mass is 858 g/mol. The zero-order chi connectivity index (χ0) is 44.4. The number of rotatable bonds is 49. The van der Waals surface area contributed by atoms with Crippen molar-refractivity contribution in [2.45, 2.75) is 289 Å². The molecule has 0 radical (unpaired) electrons. The maximum Gasteiger partial charge on any atom is 0.305 e. The molecule has 0 aromatic heterocycles. The van der Waals surface area contributed by atoms with Crippen LogP contribution in [0.15, 0.2) is 36.5 Å². The maximum absolute atomic E-state index is 12.4. The van der Waals surface area contributed by atoms with Crippen LogP contribution in [0.5, 0.6) is 0 Å². The first-order chi connectivity index (χ1) is 30.0. The molecule has 2 atom stereocenters. The molecule has 0 spiro atoms. The van der Waals surface area contributed by atoms with E-state index in [0.717, 1.165) is 64.2 Å². The van der Waals surface area contributed by atoms with Gasteiger partial charge in [-0.05, 0) is 83.5 Å². The van der Waals surface area contributed by atoms with Gasteiger partial charge in [0.05, 0.1) is 25.4 Å². The topological polar surface area (TPSA) is 95.9 Å². The lowest BCUT2D eigenvalue weighted by Gasteiger charge is -2.22. The lowest BCUT2D eigenvalue weighted by molar-refractivity contribution is -0.143. The van der Waals surface area contributed by atoms with E-state index in [2.05, 4.69) is 55.6 Å². The van der Waals surface area contributed by atoms with Crippen molar-refractivity contribution in [2.75, 3.05) is 13.2 Å². The zero-order valence-electron chi connectivity index (χ0n) is 40.6. The summed E-state index contributed by atoms with van der Waals surface area (Å²) in [4.78, 5) is 24.4. The molecule has 0 saturated carbocycles. The van der Waals surface area contributed by atoms with Gasteiger partial charge in [0.1, 0.15) is 0 Å². The molecular formula is C55H103NO5. The second-order valence-corrected chi connectivity index (χ2v) is 18.2. The highest BCUT2D eigenvalue weighted by Gasteiger charge is 2.20. The average Bonchev–Trinajstić information content (AvgIpc) is 3.26. The average molecular weight is 858 g/mol. The van der Waals surface area contributed by atoms with Crippen LogP contribution in [0, 0.1) is 0 Å². The van der Waals surface area contributed by atoms with Crippen LogP contribution >= 0.6 is 0 Å². The number of hydrogen-bond acceptors (Lipinski definition) is 5. The van der Waals surface area contributed by atoms with Gasteiger partial charge in [0.25, 0.3) is 0 Å². The van der Waals surface area contributed by atoms with Gasteiger partial charge >= 0.3 is 5.97 Å². The Balaban J connectivity index is 3.44. The van der Waals surface area contributed by atoms with Gasteiger partial charge in [-0.1, -0.05) is 217 Å². The van der Waals surface area contributed by atoms with Crippen LogP contribution < -0.4 is 5.32 Å². The Morgan fingerprint density at radius 2 is 0.820 bits per heavy atom. The van der Waals surface area contributed by atoms with E-state index in [-0.39, 0.29) is 18.5 Å². The number of carbonyl (C=O) groups is 2. The predicted molar refractivity (Wildman–Crippen MR) is 264 cm³/mol. The second-order valence-electron chi connectivity index (χ2n) is 18.2. The van der Waals surface area contributed by atoms with Gasteiger partial charge in [0.15, 0.2) is 0 Å². The van der Waals surface area contributed by atoms with Crippen LogP contribution in [0.2, 0.25) is 0 Å². The molecule has 6 heteroatoms. The molecule has 0 fully saturated rings. The molecule has 6 nitrogen and oxygen atoms in total. The molecule has 0 heterocycles. The third kappa shape index (κ3) is 47.4. The van der Waals surface area contributed by atoms with E-state index in [1.165, 1.54) is 180 Å². The normalized spacial score (nSPS) is 12.9. The number of nitrogens with one attached hydrogen (secondary N) is 1. The highest BCUT2D eigenvalue weighted by Crippen LogP contribution is 2.15. The Labute approximate surface area is 379 Å². The lowest BCUT2D eigenvalue weighted by atomic mass is 10.0. The minimum absolute atomic E-state index is 0.0102. The fourth-order valence-corrected chi connectivity index (χ4v) is 8.02. The van der Waals surface area contributed by atoms with Crippen LogP contribution in [0.1, 0.15) is 277 Å². The minimum Gasteiger partial charge on any atom is -0.466 e. The van der Waals surface area contributed by atoms with Crippen molar-refractivity contribution >= 4 is 11.9 Å². The fraction of sp³-hybridized carbons (Fsp3) is 0.855. The number of aliphatic hydroxyl groups excluding tert-OH is 2. The summed E-state index contributed by atoms with van der Waals surface area (Å²) in [5, 5.41) is 23.1. The number of amides is 1. The van der Waals surface area contributed by atoms with Gasteiger partial charge in [-0.15, -0.1) is 0 Å². The lowest BCUT2D eigenvalue weighted by Crippen LogP contribution is -2.45. The molecule has 0 aromatic rings. The van der Waals surface area contributed by atoms with E-state index in [9.17, 15) is 19.8 Å². The highest BCUT2D eigenvalue weighted by molar-refractivity contribution is 5.76. The number of allylic oxidation sites excluding steroid dienone is 6. The summed E-state index contributed by atoms with van der Waals surface area (Å²) >= 11 is 0. The summed E-state index contributed by atoms with van der Waals surface area (Å²) in [7, 11) is 0. The molecule has 2 unspecified atom stereocenters. The van der Waals surface area contributed by atoms with Crippen molar-refractivity contribution in [1.29, 1.82) is 0 Å².